The maximum atomic E-state index is 13.0. The molecule has 0 spiro atoms. The van der Waals surface area contributed by atoms with E-state index in [-0.39, 0.29) is 18.9 Å². The number of ether oxygens (including phenoxy) is 2. The van der Waals surface area contributed by atoms with Gasteiger partial charge in [-0.15, -0.1) is 0 Å². The third-order valence-electron chi connectivity index (χ3n) is 4.71. The second kappa shape index (κ2) is 11.4. The standard InChI is InChI=1S/C21H30N4O4/c1-21(2,9-8-19(26)23-11-10-22)29-20(27)25(18-6-4-3-5-7-18)13-12-24-14-16-28-17-15-24/h3-7H,8-9,11-17H2,1-2H3,(H,23,26). The van der Waals surface area contributed by atoms with E-state index in [1.165, 1.54) is 0 Å². The first-order valence-corrected chi connectivity index (χ1v) is 9.90. The number of nitriles is 1. The molecule has 1 aliphatic heterocycles. The Hall–Kier alpha value is -2.63. The second-order valence-corrected chi connectivity index (χ2v) is 7.50. The average molecular weight is 402 g/mol. The molecule has 1 aliphatic rings. The van der Waals surface area contributed by atoms with Crippen molar-refractivity contribution in [3.63, 3.8) is 0 Å². The Morgan fingerprint density at radius 1 is 1.28 bits per heavy atom. The number of carbonyl (C=O) groups excluding carboxylic acids is 2. The van der Waals surface area contributed by atoms with E-state index in [4.69, 9.17) is 14.7 Å². The molecule has 2 rings (SSSR count). The molecule has 158 valence electrons. The first-order valence-electron chi connectivity index (χ1n) is 9.90. The van der Waals surface area contributed by atoms with Crippen molar-refractivity contribution in [2.45, 2.75) is 32.3 Å². The molecular formula is C21H30N4O4. The van der Waals surface area contributed by atoms with Gasteiger partial charge in [-0.3, -0.25) is 14.6 Å². The summed E-state index contributed by atoms with van der Waals surface area (Å²) < 4.78 is 11.1. The van der Waals surface area contributed by atoms with Crippen LogP contribution in [-0.4, -0.2) is 68.4 Å². The minimum atomic E-state index is -0.812. The Balaban J connectivity index is 1.96. The fraction of sp³-hybridized carbons (Fsp3) is 0.571. The lowest BCUT2D eigenvalue weighted by Gasteiger charge is -2.32. The van der Waals surface area contributed by atoms with Crippen LogP contribution in [0.25, 0.3) is 0 Å². The molecule has 0 unspecified atom stereocenters. The average Bonchev–Trinajstić information content (AvgIpc) is 2.72. The van der Waals surface area contributed by atoms with Gasteiger partial charge in [-0.2, -0.15) is 5.26 Å². The summed E-state index contributed by atoms with van der Waals surface area (Å²) in [5.74, 6) is -0.233. The summed E-state index contributed by atoms with van der Waals surface area (Å²) in [7, 11) is 0. The quantitative estimate of drug-likeness (QED) is 0.636. The summed E-state index contributed by atoms with van der Waals surface area (Å²) >= 11 is 0. The summed E-state index contributed by atoms with van der Waals surface area (Å²) in [4.78, 5) is 28.6. The number of rotatable bonds is 9. The van der Waals surface area contributed by atoms with Crippen LogP contribution in [0, 0.1) is 11.3 Å². The minimum Gasteiger partial charge on any atom is -0.443 e. The molecule has 1 heterocycles. The van der Waals surface area contributed by atoms with E-state index in [2.05, 4.69) is 10.2 Å². The Morgan fingerprint density at radius 2 is 1.97 bits per heavy atom. The number of benzene rings is 1. The highest BCUT2D eigenvalue weighted by atomic mass is 16.6. The van der Waals surface area contributed by atoms with E-state index in [0.29, 0.717) is 26.2 Å². The molecular weight excluding hydrogens is 372 g/mol. The van der Waals surface area contributed by atoms with E-state index >= 15 is 0 Å². The third kappa shape index (κ3) is 8.10. The van der Waals surface area contributed by atoms with Crippen molar-refractivity contribution in [1.82, 2.24) is 10.2 Å². The molecule has 2 amide bonds. The Bertz CT molecular complexity index is 696. The van der Waals surface area contributed by atoms with Gasteiger partial charge >= 0.3 is 6.09 Å². The summed E-state index contributed by atoms with van der Waals surface area (Å²) in [6.07, 6.45) is 0.107. The number of amides is 2. The van der Waals surface area contributed by atoms with Crippen LogP contribution in [0.4, 0.5) is 10.5 Å². The maximum absolute atomic E-state index is 13.0. The van der Waals surface area contributed by atoms with Gasteiger partial charge in [0.25, 0.3) is 0 Å². The van der Waals surface area contributed by atoms with E-state index in [1.54, 1.807) is 18.7 Å². The molecule has 29 heavy (non-hydrogen) atoms. The molecule has 1 N–H and O–H groups in total. The molecule has 0 radical (unpaired) electrons. The van der Waals surface area contributed by atoms with Gasteiger partial charge in [0, 0.05) is 38.3 Å². The topological polar surface area (TPSA) is 94.9 Å². The molecule has 0 aliphatic carbocycles. The zero-order chi connectivity index (χ0) is 21.1. The number of hydrogen-bond acceptors (Lipinski definition) is 6. The van der Waals surface area contributed by atoms with Crippen molar-refractivity contribution in [2.24, 2.45) is 0 Å². The first-order chi connectivity index (χ1) is 13.9. The van der Waals surface area contributed by atoms with Gasteiger partial charge in [-0.05, 0) is 32.4 Å². The van der Waals surface area contributed by atoms with E-state index in [1.807, 2.05) is 36.4 Å². The second-order valence-electron chi connectivity index (χ2n) is 7.50. The predicted molar refractivity (Wildman–Crippen MR) is 109 cm³/mol. The SMILES string of the molecule is CC(C)(CCC(=O)NCC#N)OC(=O)N(CCN1CCOCC1)c1ccccc1. The number of nitrogens with zero attached hydrogens (tertiary/aromatic N) is 3. The minimum absolute atomic E-state index is 0.0254. The van der Waals surface area contributed by atoms with Gasteiger partial charge in [-0.1, -0.05) is 18.2 Å². The number of carbonyl (C=O) groups is 2. The van der Waals surface area contributed by atoms with Crippen molar-refractivity contribution >= 4 is 17.7 Å². The van der Waals surface area contributed by atoms with Crippen molar-refractivity contribution in [1.29, 1.82) is 5.26 Å². The first kappa shape index (κ1) is 22.7. The number of hydrogen-bond donors (Lipinski definition) is 1. The molecule has 8 nitrogen and oxygen atoms in total. The largest absolute Gasteiger partial charge is 0.443 e. The Kier molecular flexibility index (Phi) is 8.90. The molecule has 0 saturated carbocycles. The molecule has 1 fully saturated rings. The highest BCUT2D eigenvalue weighted by molar-refractivity contribution is 5.87. The van der Waals surface area contributed by atoms with Crippen LogP contribution in [0.15, 0.2) is 30.3 Å². The summed E-state index contributed by atoms with van der Waals surface area (Å²) in [6, 6.07) is 11.3. The van der Waals surface area contributed by atoms with Gasteiger partial charge in [0.05, 0.1) is 19.3 Å². The fourth-order valence-electron chi connectivity index (χ4n) is 2.98. The predicted octanol–water partition coefficient (Wildman–Crippen LogP) is 2.16. The normalized spacial score (nSPS) is 14.7. The highest BCUT2D eigenvalue weighted by Gasteiger charge is 2.28. The van der Waals surface area contributed by atoms with Crippen molar-refractivity contribution in [3.8, 4) is 6.07 Å². The van der Waals surface area contributed by atoms with E-state index in [9.17, 15) is 9.59 Å². The van der Waals surface area contributed by atoms with Crippen LogP contribution >= 0.6 is 0 Å². The summed E-state index contributed by atoms with van der Waals surface area (Å²) in [6.45, 7) is 7.88. The number of para-hydroxylation sites is 1. The number of anilines is 1. The molecule has 1 saturated heterocycles. The van der Waals surface area contributed by atoms with Gasteiger partial charge in [0.15, 0.2) is 0 Å². The molecule has 0 aromatic heterocycles. The maximum Gasteiger partial charge on any atom is 0.414 e. The van der Waals surface area contributed by atoms with Gasteiger partial charge < -0.3 is 14.8 Å². The van der Waals surface area contributed by atoms with Crippen LogP contribution in [0.5, 0.6) is 0 Å². The molecule has 1 aromatic rings. The third-order valence-corrected chi connectivity index (χ3v) is 4.71. The molecule has 8 heteroatoms. The van der Waals surface area contributed by atoms with Crippen LogP contribution in [0.3, 0.4) is 0 Å². The zero-order valence-electron chi connectivity index (χ0n) is 17.2. The Labute approximate surface area is 172 Å². The zero-order valence-corrected chi connectivity index (χ0v) is 17.2. The van der Waals surface area contributed by atoms with E-state index in [0.717, 1.165) is 25.3 Å². The van der Waals surface area contributed by atoms with Crippen LogP contribution in [0.1, 0.15) is 26.7 Å². The lowest BCUT2D eigenvalue weighted by atomic mass is 10.0. The lowest BCUT2D eigenvalue weighted by molar-refractivity contribution is -0.122. The smallest absolute Gasteiger partial charge is 0.414 e. The molecule has 0 atom stereocenters. The molecule has 0 bridgehead atoms. The number of nitrogens with one attached hydrogen (secondary N) is 1. The van der Waals surface area contributed by atoms with Crippen molar-refractivity contribution in [2.75, 3.05) is 50.8 Å². The fourth-order valence-corrected chi connectivity index (χ4v) is 2.98. The van der Waals surface area contributed by atoms with Gasteiger partial charge in [-0.25, -0.2) is 4.79 Å². The summed E-state index contributed by atoms with van der Waals surface area (Å²) in [5, 5.41) is 11.0. The van der Waals surface area contributed by atoms with Gasteiger partial charge in [0.2, 0.25) is 5.91 Å². The summed E-state index contributed by atoms with van der Waals surface area (Å²) in [5.41, 5.74) is -0.0408. The monoisotopic (exact) mass is 402 g/mol. The Morgan fingerprint density at radius 3 is 2.62 bits per heavy atom. The van der Waals surface area contributed by atoms with Gasteiger partial charge in [0.1, 0.15) is 12.1 Å². The van der Waals surface area contributed by atoms with Crippen molar-refractivity contribution in [3.05, 3.63) is 30.3 Å². The molecule has 1 aromatic carbocycles. The van der Waals surface area contributed by atoms with Crippen LogP contribution in [0.2, 0.25) is 0 Å². The highest BCUT2D eigenvalue weighted by Crippen LogP contribution is 2.21. The van der Waals surface area contributed by atoms with E-state index < -0.39 is 11.7 Å². The number of morpholine rings is 1. The van der Waals surface area contributed by atoms with Crippen LogP contribution < -0.4 is 10.2 Å². The lowest BCUT2D eigenvalue weighted by Crippen LogP contribution is -2.45. The van der Waals surface area contributed by atoms with Crippen molar-refractivity contribution < 1.29 is 19.1 Å². The van der Waals surface area contributed by atoms with Crippen LogP contribution in [-0.2, 0) is 14.3 Å².